The highest BCUT2D eigenvalue weighted by Crippen LogP contribution is 2.38. The fourth-order valence-corrected chi connectivity index (χ4v) is 6.51. The number of halogens is 1. The minimum absolute atomic E-state index is 0.0708. The van der Waals surface area contributed by atoms with E-state index in [9.17, 15) is 18.0 Å². The topological polar surface area (TPSA) is 87.2 Å². The molecule has 35 heavy (non-hydrogen) atoms. The first kappa shape index (κ1) is 25.5. The van der Waals surface area contributed by atoms with Crippen LogP contribution in [-0.2, 0) is 19.6 Å². The smallest absolute Gasteiger partial charge is 0.409 e. The quantitative estimate of drug-likeness (QED) is 0.546. The second kappa shape index (κ2) is 11.4. The van der Waals surface area contributed by atoms with Crippen molar-refractivity contribution in [1.82, 2.24) is 14.1 Å². The SMILES string of the molecule is O=C(OCCCl)N1CCN(C(=O)[C@@H]2CC[C@H](c3ccccc3)N(S(=O)(=O)c3ccccc3)C2)CC1. The number of piperidine rings is 1. The van der Waals surface area contributed by atoms with Crippen LogP contribution in [0.1, 0.15) is 24.4 Å². The molecule has 0 aliphatic carbocycles. The van der Waals surface area contributed by atoms with Crippen LogP contribution < -0.4 is 0 Å². The van der Waals surface area contributed by atoms with Crippen molar-refractivity contribution in [2.24, 2.45) is 5.92 Å². The summed E-state index contributed by atoms with van der Waals surface area (Å²) in [6.07, 6.45) is 0.718. The number of benzene rings is 2. The third-order valence-electron chi connectivity index (χ3n) is 6.57. The maximum atomic E-state index is 13.7. The van der Waals surface area contributed by atoms with Crippen LogP contribution in [0.15, 0.2) is 65.6 Å². The molecule has 0 bridgehead atoms. The first-order chi connectivity index (χ1) is 16.9. The number of hydrogen-bond donors (Lipinski definition) is 0. The molecule has 4 rings (SSSR count). The van der Waals surface area contributed by atoms with E-state index < -0.39 is 22.0 Å². The Balaban J connectivity index is 1.49. The maximum absolute atomic E-state index is 13.7. The molecular weight excluding hydrogens is 490 g/mol. The van der Waals surface area contributed by atoms with E-state index in [4.69, 9.17) is 16.3 Å². The van der Waals surface area contributed by atoms with E-state index in [2.05, 4.69) is 0 Å². The predicted molar refractivity (Wildman–Crippen MR) is 132 cm³/mol. The van der Waals surface area contributed by atoms with Gasteiger partial charge in [0.15, 0.2) is 0 Å². The highest BCUT2D eigenvalue weighted by Gasteiger charge is 2.41. The normalized spacial score (nSPS) is 21.5. The molecule has 2 aromatic carbocycles. The summed E-state index contributed by atoms with van der Waals surface area (Å²) < 4.78 is 33.9. The van der Waals surface area contributed by atoms with Crippen LogP contribution in [0.2, 0.25) is 0 Å². The van der Waals surface area contributed by atoms with Gasteiger partial charge in [0.1, 0.15) is 6.61 Å². The van der Waals surface area contributed by atoms with Crippen molar-refractivity contribution >= 4 is 33.6 Å². The Morgan fingerprint density at radius 1 is 0.886 bits per heavy atom. The fourth-order valence-electron chi connectivity index (χ4n) is 4.73. The molecule has 2 aliphatic heterocycles. The Kier molecular flexibility index (Phi) is 8.30. The third-order valence-corrected chi connectivity index (χ3v) is 8.62. The number of piperazine rings is 1. The van der Waals surface area contributed by atoms with E-state index in [0.29, 0.717) is 39.0 Å². The standard InChI is InChI=1S/C25H30ClN3O5S/c26-13-18-34-25(31)28-16-14-27(15-17-28)24(30)21-11-12-23(20-7-3-1-4-8-20)29(19-21)35(32,33)22-9-5-2-6-10-22/h1-10,21,23H,11-19H2/t21-,23-/m1/s1. The molecule has 2 aliphatic rings. The van der Waals surface area contributed by atoms with E-state index >= 15 is 0 Å². The van der Waals surface area contributed by atoms with Gasteiger partial charge in [0, 0.05) is 32.7 Å². The van der Waals surface area contributed by atoms with Crippen LogP contribution >= 0.6 is 11.6 Å². The minimum atomic E-state index is -3.80. The van der Waals surface area contributed by atoms with Gasteiger partial charge < -0.3 is 14.5 Å². The fraction of sp³-hybridized carbons (Fsp3) is 0.440. The molecule has 2 aromatic rings. The lowest BCUT2D eigenvalue weighted by Crippen LogP contribution is -2.54. The van der Waals surface area contributed by atoms with Crippen molar-refractivity contribution < 1.29 is 22.7 Å². The Bertz CT molecular complexity index is 1110. The predicted octanol–water partition coefficient (Wildman–Crippen LogP) is 3.35. The average molecular weight is 520 g/mol. The van der Waals surface area contributed by atoms with Gasteiger partial charge in [-0.15, -0.1) is 11.6 Å². The van der Waals surface area contributed by atoms with Gasteiger partial charge in [0.05, 0.1) is 22.7 Å². The lowest BCUT2D eigenvalue weighted by molar-refractivity contribution is -0.138. The number of carbonyl (C=O) groups is 2. The van der Waals surface area contributed by atoms with Gasteiger partial charge in [-0.1, -0.05) is 48.5 Å². The van der Waals surface area contributed by atoms with E-state index in [0.717, 1.165) is 5.56 Å². The number of sulfonamides is 1. The molecule has 0 N–H and O–H groups in total. The largest absolute Gasteiger partial charge is 0.448 e. The Morgan fingerprint density at radius 2 is 1.49 bits per heavy atom. The zero-order chi connectivity index (χ0) is 24.8. The lowest BCUT2D eigenvalue weighted by Gasteiger charge is -2.41. The Hall–Kier alpha value is -2.62. The first-order valence-electron chi connectivity index (χ1n) is 11.8. The second-order valence-corrected chi connectivity index (χ2v) is 11.0. The van der Waals surface area contributed by atoms with Crippen LogP contribution in [-0.4, -0.2) is 79.7 Å². The second-order valence-electron chi connectivity index (χ2n) is 8.70. The van der Waals surface area contributed by atoms with Crippen LogP contribution in [0, 0.1) is 5.92 Å². The van der Waals surface area contributed by atoms with E-state index in [1.807, 2.05) is 30.3 Å². The number of ether oxygens (including phenoxy) is 1. The number of hydrogen-bond acceptors (Lipinski definition) is 5. The molecule has 0 radical (unpaired) electrons. The van der Waals surface area contributed by atoms with Gasteiger partial charge in [-0.3, -0.25) is 4.79 Å². The molecule has 10 heteroatoms. The van der Waals surface area contributed by atoms with Gasteiger partial charge in [0.2, 0.25) is 15.9 Å². The number of carbonyl (C=O) groups excluding carboxylic acids is 2. The molecule has 0 aromatic heterocycles. The van der Waals surface area contributed by atoms with E-state index in [-0.39, 0.29) is 35.9 Å². The highest BCUT2D eigenvalue weighted by atomic mass is 35.5. The molecular formula is C25H30ClN3O5S. The minimum Gasteiger partial charge on any atom is -0.448 e. The summed E-state index contributed by atoms with van der Waals surface area (Å²) in [5.74, 6) is -0.278. The van der Waals surface area contributed by atoms with Crippen molar-refractivity contribution in [3.63, 3.8) is 0 Å². The van der Waals surface area contributed by atoms with E-state index in [1.165, 1.54) is 4.31 Å². The highest BCUT2D eigenvalue weighted by molar-refractivity contribution is 7.89. The molecule has 8 nitrogen and oxygen atoms in total. The average Bonchev–Trinajstić information content (AvgIpc) is 2.92. The van der Waals surface area contributed by atoms with Crippen LogP contribution in [0.5, 0.6) is 0 Å². The Morgan fingerprint density at radius 3 is 2.11 bits per heavy atom. The summed E-state index contributed by atoms with van der Waals surface area (Å²) in [5.41, 5.74) is 0.918. The summed E-state index contributed by atoms with van der Waals surface area (Å²) in [5, 5.41) is 0. The van der Waals surface area contributed by atoms with Gasteiger partial charge in [-0.25, -0.2) is 13.2 Å². The summed E-state index contributed by atoms with van der Waals surface area (Å²) in [6, 6.07) is 17.6. The van der Waals surface area contributed by atoms with Crippen molar-refractivity contribution in [2.75, 3.05) is 45.2 Å². The molecule has 188 valence electrons. The van der Waals surface area contributed by atoms with Crippen molar-refractivity contribution in [1.29, 1.82) is 0 Å². The van der Waals surface area contributed by atoms with Crippen LogP contribution in [0.4, 0.5) is 4.79 Å². The maximum Gasteiger partial charge on any atom is 0.409 e. The molecule has 2 fully saturated rings. The summed E-state index contributed by atoms with van der Waals surface area (Å²) in [7, 11) is -3.80. The molecule has 2 amide bonds. The zero-order valence-corrected chi connectivity index (χ0v) is 21.0. The molecule has 2 atom stereocenters. The van der Waals surface area contributed by atoms with Gasteiger partial charge >= 0.3 is 6.09 Å². The van der Waals surface area contributed by atoms with Crippen molar-refractivity contribution in [2.45, 2.75) is 23.8 Å². The molecule has 0 saturated carbocycles. The van der Waals surface area contributed by atoms with Crippen LogP contribution in [0.3, 0.4) is 0 Å². The molecule has 2 saturated heterocycles. The zero-order valence-electron chi connectivity index (χ0n) is 19.5. The van der Waals surface area contributed by atoms with E-state index in [1.54, 1.807) is 40.1 Å². The number of nitrogens with zero attached hydrogens (tertiary/aromatic N) is 3. The number of alkyl halides is 1. The number of rotatable bonds is 6. The lowest BCUT2D eigenvalue weighted by atomic mass is 9.90. The summed E-state index contributed by atoms with van der Waals surface area (Å²) >= 11 is 5.57. The first-order valence-corrected chi connectivity index (χ1v) is 13.8. The van der Waals surface area contributed by atoms with Gasteiger partial charge in [-0.2, -0.15) is 4.31 Å². The van der Waals surface area contributed by atoms with Crippen molar-refractivity contribution in [3.8, 4) is 0 Å². The third kappa shape index (κ3) is 5.79. The monoisotopic (exact) mass is 519 g/mol. The van der Waals surface area contributed by atoms with Gasteiger partial charge in [0.25, 0.3) is 0 Å². The van der Waals surface area contributed by atoms with Gasteiger partial charge in [-0.05, 0) is 30.5 Å². The van der Waals surface area contributed by atoms with Crippen LogP contribution in [0.25, 0.3) is 0 Å². The number of amides is 2. The summed E-state index contributed by atoms with van der Waals surface area (Å²) in [6.45, 7) is 1.79. The molecule has 0 unspecified atom stereocenters. The summed E-state index contributed by atoms with van der Waals surface area (Å²) in [4.78, 5) is 29.0. The molecule has 2 heterocycles. The Labute approximate surface area is 211 Å². The van der Waals surface area contributed by atoms with Crippen molar-refractivity contribution in [3.05, 3.63) is 66.2 Å². The molecule has 0 spiro atoms.